The molecule has 1 aromatic rings. The Hall–Kier alpha value is -1.84. The summed E-state index contributed by atoms with van der Waals surface area (Å²) in [4.78, 5) is 25.6. The second-order valence-corrected chi connectivity index (χ2v) is 6.78. The van der Waals surface area contributed by atoms with E-state index in [1.807, 2.05) is 4.90 Å². The number of benzene rings is 1. The summed E-state index contributed by atoms with van der Waals surface area (Å²) in [5, 5.41) is 9.14. The van der Waals surface area contributed by atoms with Gasteiger partial charge in [0.2, 0.25) is 5.91 Å². The van der Waals surface area contributed by atoms with E-state index in [0.717, 1.165) is 6.42 Å². The Morgan fingerprint density at radius 2 is 1.95 bits per heavy atom. The third-order valence-electron chi connectivity index (χ3n) is 5.14. The summed E-state index contributed by atoms with van der Waals surface area (Å²) in [5.74, 6) is -1.10. The van der Waals surface area contributed by atoms with E-state index in [1.54, 1.807) is 0 Å². The van der Waals surface area contributed by atoms with E-state index in [1.165, 1.54) is 16.7 Å². The largest absolute Gasteiger partial charge is 0.481 e. The first-order valence-corrected chi connectivity index (χ1v) is 8.11. The summed E-state index contributed by atoms with van der Waals surface area (Å²) in [6.07, 6.45) is 2.22. The standard InChI is InChI=1S/C18H23NO3/c1-11(2)13-5-3-4-12-10-19(9-8-14(12)13)17(20)15-6-7-16(15)18(21)22/h3-5,11,15-16H,6-10H2,1-2H3,(H,21,22). The van der Waals surface area contributed by atoms with Crippen LogP contribution in [0.1, 0.15) is 49.3 Å². The number of carbonyl (C=O) groups is 2. The van der Waals surface area contributed by atoms with E-state index in [-0.39, 0.29) is 11.8 Å². The summed E-state index contributed by atoms with van der Waals surface area (Å²) in [7, 11) is 0. The molecule has 1 amide bonds. The molecule has 1 aromatic carbocycles. The van der Waals surface area contributed by atoms with Gasteiger partial charge in [-0.1, -0.05) is 32.0 Å². The fourth-order valence-corrected chi connectivity index (χ4v) is 3.69. The summed E-state index contributed by atoms with van der Waals surface area (Å²) in [6.45, 7) is 5.72. The average Bonchev–Trinajstić information content (AvgIpc) is 2.43. The average molecular weight is 301 g/mol. The molecule has 1 fully saturated rings. The van der Waals surface area contributed by atoms with Crippen molar-refractivity contribution < 1.29 is 14.7 Å². The molecule has 2 unspecified atom stereocenters. The molecule has 1 N–H and O–H groups in total. The molecule has 0 spiro atoms. The zero-order valence-electron chi connectivity index (χ0n) is 13.2. The normalized spacial score (nSPS) is 23.9. The molecule has 4 nitrogen and oxygen atoms in total. The lowest BCUT2D eigenvalue weighted by atomic mass is 9.72. The predicted molar refractivity (Wildman–Crippen MR) is 83.5 cm³/mol. The van der Waals surface area contributed by atoms with Gasteiger partial charge in [0, 0.05) is 13.1 Å². The number of fused-ring (bicyclic) bond motifs is 1. The maximum atomic E-state index is 12.6. The van der Waals surface area contributed by atoms with E-state index in [2.05, 4.69) is 32.0 Å². The first kappa shape index (κ1) is 15.1. The highest BCUT2D eigenvalue weighted by Gasteiger charge is 2.43. The van der Waals surface area contributed by atoms with Crippen molar-refractivity contribution in [2.75, 3.05) is 6.54 Å². The summed E-state index contributed by atoms with van der Waals surface area (Å²) in [5.41, 5.74) is 3.97. The zero-order chi connectivity index (χ0) is 15.9. The molecule has 0 bridgehead atoms. The van der Waals surface area contributed by atoms with Gasteiger partial charge < -0.3 is 10.0 Å². The second-order valence-electron chi connectivity index (χ2n) is 6.78. The number of carbonyl (C=O) groups excluding carboxylic acids is 1. The van der Waals surface area contributed by atoms with Crippen molar-refractivity contribution in [2.45, 2.75) is 45.6 Å². The van der Waals surface area contributed by atoms with Crippen molar-refractivity contribution in [3.63, 3.8) is 0 Å². The molecule has 2 aliphatic rings. The van der Waals surface area contributed by atoms with Crippen molar-refractivity contribution >= 4 is 11.9 Å². The van der Waals surface area contributed by atoms with Gasteiger partial charge in [-0.05, 0) is 41.9 Å². The Labute approximate surface area is 131 Å². The minimum atomic E-state index is -0.830. The van der Waals surface area contributed by atoms with E-state index < -0.39 is 11.9 Å². The molecule has 0 saturated heterocycles. The molecule has 0 aromatic heterocycles. The van der Waals surface area contributed by atoms with Crippen LogP contribution >= 0.6 is 0 Å². The van der Waals surface area contributed by atoms with Crippen LogP contribution in [0.3, 0.4) is 0 Å². The highest BCUT2D eigenvalue weighted by molar-refractivity contribution is 5.86. The summed E-state index contributed by atoms with van der Waals surface area (Å²) >= 11 is 0. The van der Waals surface area contributed by atoms with Crippen LogP contribution in [0.5, 0.6) is 0 Å². The number of aliphatic carboxylic acids is 1. The van der Waals surface area contributed by atoms with E-state index >= 15 is 0 Å². The lowest BCUT2D eigenvalue weighted by Crippen LogP contribution is -2.47. The Morgan fingerprint density at radius 3 is 2.55 bits per heavy atom. The SMILES string of the molecule is CC(C)c1cccc2c1CCN(C(=O)C1CCC1C(=O)O)C2. The molecule has 22 heavy (non-hydrogen) atoms. The summed E-state index contributed by atoms with van der Waals surface area (Å²) < 4.78 is 0. The van der Waals surface area contributed by atoms with Crippen LogP contribution in [0.4, 0.5) is 0 Å². The molecule has 0 radical (unpaired) electrons. The summed E-state index contributed by atoms with van der Waals surface area (Å²) in [6, 6.07) is 6.33. The number of hydrogen-bond acceptors (Lipinski definition) is 2. The van der Waals surface area contributed by atoms with Crippen LogP contribution in [-0.4, -0.2) is 28.4 Å². The lowest BCUT2D eigenvalue weighted by Gasteiger charge is -2.38. The zero-order valence-corrected chi connectivity index (χ0v) is 13.2. The molecule has 1 heterocycles. The monoisotopic (exact) mass is 301 g/mol. The van der Waals surface area contributed by atoms with E-state index in [9.17, 15) is 9.59 Å². The van der Waals surface area contributed by atoms with Crippen LogP contribution in [0.15, 0.2) is 18.2 Å². The van der Waals surface area contributed by atoms with Crippen LogP contribution < -0.4 is 0 Å². The minimum absolute atomic E-state index is 0.0271. The molecule has 2 atom stereocenters. The Morgan fingerprint density at radius 1 is 1.23 bits per heavy atom. The lowest BCUT2D eigenvalue weighted by molar-refractivity contribution is -0.157. The molecular formula is C18H23NO3. The molecule has 1 saturated carbocycles. The third kappa shape index (κ3) is 2.51. The first-order valence-electron chi connectivity index (χ1n) is 8.11. The topological polar surface area (TPSA) is 57.6 Å². The van der Waals surface area contributed by atoms with Crippen molar-refractivity contribution in [3.8, 4) is 0 Å². The Bertz CT molecular complexity index is 608. The quantitative estimate of drug-likeness (QED) is 0.934. The predicted octanol–water partition coefficient (Wildman–Crippen LogP) is 2.81. The van der Waals surface area contributed by atoms with Gasteiger partial charge in [-0.3, -0.25) is 9.59 Å². The number of hydrogen-bond donors (Lipinski definition) is 1. The van der Waals surface area contributed by atoms with Crippen molar-refractivity contribution in [1.82, 2.24) is 4.90 Å². The molecule has 4 heteroatoms. The van der Waals surface area contributed by atoms with Gasteiger partial charge in [-0.15, -0.1) is 0 Å². The van der Waals surface area contributed by atoms with Crippen molar-refractivity contribution in [1.29, 1.82) is 0 Å². The number of rotatable bonds is 3. The van der Waals surface area contributed by atoms with Gasteiger partial charge in [0.1, 0.15) is 0 Å². The maximum absolute atomic E-state index is 12.6. The number of carboxylic acid groups (broad SMARTS) is 1. The van der Waals surface area contributed by atoms with E-state index in [4.69, 9.17) is 5.11 Å². The van der Waals surface area contributed by atoms with Gasteiger partial charge in [0.15, 0.2) is 0 Å². The van der Waals surface area contributed by atoms with Crippen molar-refractivity contribution in [3.05, 3.63) is 34.9 Å². The van der Waals surface area contributed by atoms with Crippen molar-refractivity contribution in [2.24, 2.45) is 11.8 Å². The first-order chi connectivity index (χ1) is 10.5. The molecule has 3 rings (SSSR count). The highest BCUT2D eigenvalue weighted by atomic mass is 16.4. The van der Waals surface area contributed by atoms with Gasteiger partial charge in [0.25, 0.3) is 0 Å². The Balaban J connectivity index is 1.76. The maximum Gasteiger partial charge on any atom is 0.307 e. The highest BCUT2D eigenvalue weighted by Crippen LogP contribution is 2.37. The fraction of sp³-hybridized carbons (Fsp3) is 0.556. The fourth-order valence-electron chi connectivity index (χ4n) is 3.69. The second kappa shape index (κ2) is 5.75. The van der Waals surface area contributed by atoms with Crippen LogP contribution in [0.25, 0.3) is 0 Å². The smallest absolute Gasteiger partial charge is 0.307 e. The van der Waals surface area contributed by atoms with Gasteiger partial charge in [-0.25, -0.2) is 0 Å². The molecule has 118 valence electrons. The van der Waals surface area contributed by atoms with E-state index in [0.29, 0.717) is 31.8 Å². The number of carboxylic acids is 1. The third-order valence-corrected chi connectivity index (χ3v) is 5.14. The van der Waals surface area contributed by atoms with Gasteiger partial charge in [-0.2, -0.15) is 0 Å². The van der Waals surface area contributed by atoms with Crippen LogP contribution in [-0.2, 0) is 22.6 Å². The van der Waals surface area contributed by atoms with Crippen LogP contribution in [0.2, 0.25) is 0 Å². The number of nitrogens with zero attached hydrogens (tertiary/aromatic N) is 1. The van der Waals surface area contributed by atoms with Gasteiger partial charge >= 0.3 is 5.97 Å². The Kier molecular flexibility index (Phi) is 3.94. The molecular weight excluding hydrogens is 278 g/mol. The molecule has 1 aliphatic heterocycles. The number of amides is 1. The molecule has 1 aliphatic carbocycles. The minimum Gasteiger partial charge on any atom is -0.481 e. The van der Waals surface area contributed by atoms with Gasteiger partial charge in [0.05, 0.1) is 11.8 Å². The van der Waals surface area contributed by atoms with Crippen LogP contribution in [0, 0.1) is 11.8 Å².